The molecule has 1 aromatic heterocycles. The molecule has 1 heterocycles. The second-order valence-corrected chi connectivity index (χ2v) is 2.61. The van der Waals surface area contributed by atoms with Crippen molar-refractivity contribution in [2.24, 2.45) is 5.73 Å². The van der Waals surface area contributed by atoms with Crippen LogP contribution < -0.4 is 5.73 Å². The summed E-state index contributed by atoms with van der Waals surface area (Å²) in [5.41, 5.74) is 5.85. The Hall–Kier alpha value is -1.46. The highest BCUT2D eigenvalue weighted by Crippen LogP contribution is 2.19. The molecule has 0 aliphatic carbocycles. The minimum atomic E-state index is -0.619. The zero-order chi connectivity index (χ0) is 10.6. The molecule has 0 bridgehead atoms. The predicted octanol–water partition coefficient (Wildman–Crippen LogP) is 0.472. The number of ether oxygens (including phenoxy) is 2. The van der Waals surface area contributed by atoms with E-state index in [9.17, 15) is 4.79 Å². The molecular formula is C9H12N2O3. The van der Waals surface area contributed by atoms with Crippen LogP contribution in [0.2, 0.25) is 0 Å². The Kier molecular flexibility index (Phi) is 3.55. The fraction of sp³-hybridized carbons (Fsp3) is 0.333. The standard InChI is InChI=1S/C9H12N2O3/c1-13-9(14-2)6-4-3-5-11-7(6)8(10)12/h3-5,9H,1-2H3,(H2,10,12). The van der Waals surface area contributed by atoms with Crippen molar-refractivity contribution in [1.82, 2.24) is 4.98 Å². The number of aromatic nitrogens is 1. The van der Waals surface area contributed by atoms with E-state index in [4.69, 9.17) is 15.2 Å². The Morgan fingerprint density at radius 3 is 2.64 bits per heavy atom. The van der Waals surface area contributed by atoms with E-state index in [1.807, 2.05) is 0 Å². The summed E-state index contributed by atoms with van der Waals surface area (Å²) in [6.07, 6.45) is 0.873. The van der Waals surface area contributed by atoms with E-state index in [1.165, 1.54) is 20.4 Å². The van der Waals surface area contributed by atoms with Gasteiger partial charge in [0, 0.05) is 26.0 Å². The quantitative estimate of drug-likeness (QED) is 0.710. The van der Waals surface area contributed by atoms with E-state index in [0.717, 1.165) is 0 Å². The molecule has 0 fully saturated rings. The van der Waals surface area contributed by atoms with Crippen LogP contribution in [0.25, 0.3) is 0 Å². The maximum Gasteiger partial charge on any atom is 0.267 e. The van der Waals surface area contributed by atoms with Gasteiger partial charge < -0.3 is 15.2 Å². The van der Waals surface area contributed by atoms with Crippen LogP contribution in [-0.4, -0.2) is 25.1 Å². The van der Waals surface area contributed by atoms with Gasteiger partial charge in [0.1, 0.15) is 5.69 Å². The lowest BCUT2D eigenvalue weighted by atomic mass is 10.2. The zero-order valence-corrected chi connectivity index (χ0v) is 8.06. The number of amides is 1. The Bertz CT molecular complexity index is 324. The molecule has 0 aliphatic rings. The number of nitrogens with two attached hydrogens (primary N) is 1. The van der Waals surface area contributed by atoms with Crippen LogP contribution in [0, 0.1) is 0 Å². The Morgan fingerprint density at radius 2 is 2.14 bits per heavy atom. The minimum Gasteiger partial charge on any atom is -0.364 e. The van der Waals surface area contributed by atoms with E-state index in [1.54, 1.807) is 12.1 Å². The first-order chi connectivity index (χ1) is 6.70. The summed E-state index contributed by atoms with van der Waals surface area (Å²) >= 11 is 0. The van der Waals surface area contributed by atoms with Crippen molar-refractivity contribution >= 4 is 5.91 Å². The first-order valence-electron chi connectivity index (χ1n) is 4.01. The Morgan fingerprint density at radius 1 is 1.50 bits per heavy atom. The van der Waals surface area contributed by atoms with Gasteiger partial charge in [-0.25, -0.2) is 0 Å². The van der Waals surface area contributed by atoms with E-state index >= 15 is 0 Å². The van der Waals surface area contributed by atoms with Crippen LogP contribution in [0.15, 0.2) is 18.3 Å². The van der Waals surface area contributed by atoms with Gasteiger partial charge in [-0.3, -0.25) is 9.78 Å². The van der Waals surface area contributed by atoms with Crippen molar-refractivity contribution < 1.29 is 14.3 Å². The second-order valence-electron chi connectivity index (χ2n) is 2.61. The van der Waals surface area contributed by atoms with Gasteiger partial charge in [0.2, 0.25) is 0 Å². The normalized spacial score (nSPS) is 10.5. The summed E-state index contributed by atoms with van der Waals surface area (Å²) in [4.78, 5) is 14.9. The maximum atomic E-state index is 11.0. The molecular weight excluding hydrogens is 184 g/mol. The molecule has 76 valence electrons. The first kappa shape index (κ1) is 10.6. The van der Waals surface area contributed by atoms with Gasteiger partial charge in [-0.05, 0) is 6.07 Å². The molecule has 0 unspecified atom stereocenters. The summed E-state index contributed by atoms with van der Waals surface area (Å²) in [6, 6.07) is 3.37. The molecule has 0 aromatic carbocycles. The van der Waals surface area contributed by atoms with E-state index < -0.39 is 12.2 Å². The minimum absolute atomic E-state index is 0.168. The number of carbonyl (C=O) groups is 1. The summed E-state index contributed by atoms with van der Waals surface area (Å²) < 4.78 is 10.0. The molecule has 0 saturated carbocycles. The first-order valence-corrected chi connectivity index (χ1v) is 4.01. The molecule has 14 heavy (non-hydrogen) atoms. The molecule has 0 saturated heterocycles. The van der Waals surface area contributed by atoms with Gasteiger partial charge in [-0.1, -0.05) is 6.07 Å². The summed E-state index contributed by atoms with van der Waals surface area (Å²) in [6.45, 7) is 0. The average molecular weight is 196 g/mol. The fourth-order valence-corrected chi connectivity index (χ4v) is 1.16. The number of hydrogen-bond acceptors (Lipinski definition) is 4. The van der Waals surface area contributed by atoms with Crippen LogP contribution >= 0.6 is 0 Å². The smallest absolute Gasteiger partial charge is 0.267 e. The van der Waals surface area contributed by atoms with Crippen molar-refractivity contribution in [3.05, 3.63) is 29.6 Å². The number of pyridine rings is 1. The third-order valence-corrected chi connectivity index (χ3v) is 1.75. The van der Waals surface area contributed by atoms with Crippen LogP contribution in [0.4, 0.5) is 0 Å². The van der Waals surface area contributed by atoms with Crippen molar-refractivity contribution in [3.63, 3.8) is 0 Å². The van der Waals surface area contributed by atoms with Crippen LogP contribution in [0.5, 0.6) is 0 Å². The van der Waals surface area contributed by atoms with Crippen molar-refractivity contribution in [1.29, 1.82) is 0 Å². The number of primary amides is 1. The summed E-state index contributed by atoms with van der Waals surface area (Å²) in [7, 11) is 2.96. The van der Waals surface area contributed by atoms with E-state index in [2.05, 4.69) is 4.98 Å². The fourth-order valence-electron chi connectivity index (χ4n) is 1.16. The van der Waals surface area contributed by atoms with Crippen molar-refractivity contribution in [3.8, 4) is 0 Å². The molecule has 2 N–H and O–H groups in total. The SMILES string of the molecule is COC(OC)c1cccnc1C(N)=O. The van der Waals surface area contributed by atoms with Gasteiger partial charge in [0.25, 0.3) is 5.91 Å². The summed E-state index contributed by atoms with van der Waals surface area (Å²) in [5, 5.41) is 0. The molecule has 1 aromatic rings. The highest BCUT2D eigenvalue weighted by Gasteiger charge is 2.17. The van der Waals surface area contributed by atoms with Gasteiger partial charge in [0.15, 0.2) is 6.29 Å². The molecule has 0 spiro atoms. The molecule has 1 rings (SSSR count). The van der Waals surface area contributed by atoms with Gasteiger partial charge in [-0.2, -0.15) is 0 Å². The number of nitrogens with zero attached hydrogens (tertiary/aromatic N) is 1. The number of methoxy groups -OCH3 is 2. The second kappa shape index (κ2) is 4.69. The van der Waals surface area contributed by atoms with Crippen molar-refractivity contribution in [2.45, 2.75) is 6.29 Å². The third kappa shape index (κ3) is 2.07. The molecule has 0 radical (unpaired) electrons. The van der Waals surface area contributed by atoms with Crippen molar-refractivity contribution in [2.75, 3.05) is 14.2 Å². The summed E-state index contributed by atoms with van der Waals surface area (Å²) in [5.74, 6) is -0.597. The molecule has 5 nitrogen and oxygen atoms in total. The maximum absolute atomic E-state index is 11.0. The van der Waals surface area contributed by atoms with Gasteiger partial charge in [0.05, 0.1) is 0 Å². The number of carbonyl (C=O) groups excluding carboxylic acids is 1. The molecule has 1 amide bonds. The number of hydrogen-bond donors (Lipinski definition) is 1. The highest BCUT2D eigenvalue weighted by atomic mass is 16.7. The lowest BCUT2D eigenvalue weighted by Gasteiger charge is -2.14. The number of rotatable bonds is 4. The lowest BCUT2D eigenvalue weighted by Crippen LogP contribution is -2.18. The molecule has 0 atom stereocenters. The van der Waals surface area contributed by atoms with Gasteiger partial charge >= 0.3 is 0 Å². The highest BCUT2D eigenvalue weighted by molar-refractivity contribution is 5.92. The third-order valence-electron chi connectivity index (χ3n) is 1.75. The zero-order valence-electron chi connectivity index (χ0n) is 8.06. The lowest BCUT2D eigenvalue weighted by molar-refractivity contribution is -0.106. The topological polar surface area (TPSA) is 74.4 Å². The van der Waals surface area contributed by atoms with Crippen LogP contribution in [0.1, 0.15) is 22.3 Å². The van der Waals surface area contributed by atoms with Crippen LogP contribution in [0.3, 0.4) is 0 Å². The van der Waals surface area contributed by atoms with E-state index in [0.29, 0.717) is 5.56 Å². The predicted molar refractivity (Wildman–Crippen MR) is 49.5 cm³/mol. The monoisotopic (exact) mass is 196 g/mol. The van der Waals surface area contributed by atoms with Gasteiger partial charge in [-0.15, -0.1) is 0 Å². The molecule has 5 heteroatoms. The largest absolute Gasteiger partial charge is 0.364 e. The Labute approximate surface area is 81.8 Å². The van der Waals surface area contributed by atoms with E-state index in [-0.39, 0.29) is 5.69 Å². The average Bonchev–Trinajstić information content (AvgIpc) is 2.20. The molecule has 0 aliphatic heterocycles. The Balaban J connectivity index is 3.11. The van der Waals surface area contributed by atoms with Crippen LogP contribution in [-0.2, 0) is 9.47 Å².